The van der Waals surface area contributed by atoms with E-state index in [1.54, 1.807) is 0 Å². The Kier molecular flexibility index (Phi) is 6.37. The van der Waals surface area contributed by atoms with Crippen molar-refractivity contribution in [2.45, 2.75) is 11.3 Å². The van der Waals surface area contributed by atoms with E-state index in [4.69, 9.17) is 16.3 Å². The van der Waals surface area contributed by atoms with E-state index in [1.807, 2.05) is 6.07 Å². The number of nitriles is 1. The Morgan fingerprint density at radius 2 is 2.00 bits per heavy atom. The van der Waals surface area contributed by atoms with Gasteiger partial charge in [0.05, 0.1) is 17.7 Å². The summed E-state index contributed by atoms with van der Waals surface area (Å²) in [6.45, 7) is -1.11. The molecule has 0 radical (unpaired) electrons. The highest BCUT2D eigenvalue weighted by Crippen LogP contribution is 2.33. The lowest BCUT2D eigenvalue weighted by Crippen LogP contribution is -2.16. The van der Waals surface area contributed by atoms with Crippen LogP contribution in [0.4, 0.5) is 18.9 Å². The quantitative estimate of drug-likeness (QED) is 0.557. The Balaban J connectivity index is 2.05. The first kappa shape index (κ1) is 22.4. The van der Waals surface area contributed by atoms with Crippen LogP contribution >= 0.6 is 11.6 Å². The van der Waals surface area contributed by atoms with Gasteiger partial charge in [0.1, 0.15) is 16.7 Å². The van der Waals surface area contributed by atoms with Gasteiger partial charge < -0.3 is 9.47 Å². The van der Waals surface area contributed by atoms with E-state index >= 15 is 0 Å². The van der Waals surface area contributed by atoms with Crippen LogP contribution in [0.1, 0.15) is 5.56 Å². The molecule has 0 saturated heterocycles. The van der Waals surface area contributed by atoms with Crippen molar-refractivity contribution in [3.63, 3.8) is 0 Å². The molecule has 2 aromatic heterocycles. The fraction of sp³-hybridized carbons (Fsp3) is 0.167. The van der Waals surface area contributed by atoms with Gasteiger partial charge in [0.25, 0.3) is 22.3 Å². The minimum absolute atomic E-state index is 0.0366. The lowest BCUT2D eigenvalue weighted by Gasteiger charge is -2.14. The fourth-order valence-corrected chi connectivity index (χ4v) is 4.07. The van der Waals surface area contributed by atoms with Crippen LogP contribution < -0.4 is 14.2 Å². The molecule has 2 heterocycles. The zero-order valence-corrected chi connectivity index (χ0v) is 17.1. The van der Waals surface area contributed by atoms with Crippen LogP contribution in [0, 0.1) is 17.1 Å². The molecule has 0 atom stereocenters. The van der Waals surface area contributed by atoms with Crippen molar-refractivity contribution in [3.05, 3.63) is 47.0 Å². The first-order valence-corrected chi connectivity index (χ1v) is 10.2. The summed E-state index contributed by atoms with van der Waals surface area (Å²) in [5.74, 6) is -2.38. The van der Waals surface area contributed by atoms with Gasteiger partial charge in [-0.15, -0.1) is 0 Å². The molecule has 3 aromatic rings. The molecule has 0 bridgehead atoms. The van der Waals surface area contributed by atoms with E-state index < -0.39 is 46.3 Å². The third-order valence-corrected chi connectivity index (χ3v) is 5.66. The van der Waals surface area contributed by atoms with Gasteiger partial charge in [0, 0.05) is 29.2 Å². The molecule has 0 amide bonds. The number of hydrogen-bond donors (Lipinski definition) is 1. The van der Waals surface area contributed by atoms with Crippen molar-refractivity contribution in [3.8, 4) is 17.8 Å². The zero-order chi connectivity index (χ0) is 22.8. The Bertz CT molecular complexity index is 1300. The largest absolute Gasteiger partial charge is 0.479 e. The standard InChI is InChI=1S/C18H12ClF3N4O4S/c1-29-18-14(4-13(20)17(25-18)30-8-16(21)22)26-31(27,28)15-7-24-6-11-9(15)2-3-12(19)10(11)5-23/h2-4,6-7,16,26H,8H2,1H3. The predicted molar refractivity (Wildman–Crippen MR) is 105 cm³/mol. The molecule has 0 aliphatic heterocycles. The van der Waals surface area contributed by atoms with Crippen LogP contribution in [-0.2, 0) is 10.0 Å². The minimum atomic E-state index is -4.38. The van der Waals surface area contributed by atoms with Gasteiger partial charge in [-0.3, -0.25) is 9.71 Å². The molecule has 8 nitrogen and oxygen atoms in total. The van der Waals surface area contributed by atoms with E-state index in [1.165, 1.54) is 18.3 Å². The maximum absolute atomic E-state index is 14.2. The number of anilines is 1. The summed E-state index contributed by atoms with van der Waals surface area (Å²) in [5, 5.41) is 9.76. The van der Waals surface area contributed by atoms with Crippen molar-refractivity contribution < 1.29 is 31.1 Å². The van der Waals surface area contributed by atoms with Crippen molar-refractivity contribution >= 4 is 38.1 Å². The molecule has 0 saturated carbocycles. The molecule has 1 aromatic carbocycles. The van der Waals surface area contributed by atoms with Crippen LogP contribution in [0.15, 0.2) is 35.5 Å². The van der Waals surface area contributed by atoms with Gasteiger partial charge in [-0.2, -0.15) is 10.2 Å². The van der Waals surface area contributed by atoms with Gasteiger partial charge in [0.2, 0.25) is 5.88 Å². The van der Waals surface area contributed by atoms with Gasteiger partial charge in [-0.05, 0) is 6.07 Å². The highest BCUT2D eigenvalue weighted by molar-refractivity contribution is 7.93. The van der Waals surface area contributed by atoms with Crippen molar-refractivity contribution in [2.24, 2.45) is 0 Å². The molecule has 3 rings (SSSR count). The molecule has 0 aliphatic rings. The Labute approximate surface area is 179 Å². The maximum atomic E-state index is 14.2. The number of sulfonamides is 1. The second-order valence-electron chi connectivity index (χ2n) is 5.91. The van der Waals surface area contributed by atoms with E-state index in [0.29, 0.717) is 6.07 Å². The molecule has 0 unspecified atom stereocenters. The smallest absolute Gasteiger partial charge is 0.272 e. The molecule has 0 spiro atoms. The summed E-state index contributed by atoms with van der Waals surface area (Å²) in [4.78, 5) is 7.11. The number of nitrogens with zero attached hydrogens (tertiary/aromatic N) is 3. The number of pyridine rings is 2. The summed E-state index contributed by atoms with van der Waals surface area (Å²) in [7, 11) is -3.26. The van der Waals surface area contributed by atoms with Crippen LogP contribution in [-0.4, -0.2) is 38.5 Å². The summed E-state index contributed by atoms with van der Waals surface area (Å²) in [5.41, 5.74) is -0.370. The molecule has 0 fully saturated rings. The third-order valence-electron chi connectivity index (χ3n) is 3.95. The number of fused-ring (bicyclic) bond motifs is 1. The van der Waals surface area contributed by atoms with E-state index in [-0.39, 0.29) is 26.3 Å². The van der Waals surface area contributed by atoms with E-state index in [9.17, 15) is 26.9 Å². The predicted octanol–water partition coefficient (Wildman–Crippen LogP) is 3.75. The lowest BCUT2D eigenvalue weighted by molar-refractivity contribution is 0.0770. The van der Waals surface area contributed by atoms with Crippen LogP contribution in [0.2, 0.25) is 5.02 Å². The number of alkyl halides is 2. The molecule has 162 valence electrons. The van der Waals surface area contributed by atoms with Gasteiger partial charge in [0.15, 0.2) is 12.4 Å². The molecular formula is C18H12ClF3N4O4S. The number of halogens is 4. The highest BCUT2D eigenvalue weighted by atomic mass is 35.5. The lowest BCUT2D eigenvalue weighted by atomic mass is 10.1. The molecule has 31 heavy (non-hydrogen) atoms. The van der Waals surface area contributed by atoms with Crippen molar-refractivity contribution in [1.82, 2.24) is 9.97 Å². The number of ether oxygens (including phenoxy) is 2. The first-order chi connectivity index (χ1) is 14.7. The summed E-state index contributed by atoms with van der Waals surface area (Å²) >= 11 is 5.98. The van der Waals surface area contributed by atoms with Crippen LogP contribution in [0.25, 0.3) is 10.8 Å². The molecule has 0 aliphatic carbocycles. The average Bonchev–Trinajstić information content (AvgIpc) is 2.72. The van der Waals surface area contributed by atoms with Gasteiger partial charge in [-0.25, -0.2) is 21.6 Å². The van der Waals surface area contributed by atoms with Crippen LogP contribution in [0.3, 0.4) is 0 Å². The highest BCUT2D eigenvalue weighted by Gasteiger charge is 2.24. The number of benzene rings is 1. The number of aromatic nitrogens is 2. The molecule has 1 N–H and O–H groups in total. The number of nitrogens with one attached hydrogen (secondary N) is 1. The average molecular weight is 473 g/mol. The Hall–Kier alpha value is -3.30. The van der Waals surface area contributed by atoms with Gasteiger partial charge in [-0.1, -0.05) is 17.7 Å². The second-order valence-corrected chi connectivity index (χ2v) is 7.96. The van der Waals surface area contributed by atoms with Crippen LogP contribution in [0.5, 0.6) is 11.8 Å². The second kappa shape index (κ2) is 8.83. The normalized spacial score (nSPS) is 11.4. The Morgan fingerprint density at radius 1 is 1.26 bits per heavy atom. The maximum Gasteiger partial charge on any atom is 0.272 e. The van der Waals surface area contributed by atoms with Crippen molar-refractivity contribution in [2.75, 3.05) is 18.4 Å². The number of hydrogen-bond acceptors (Lipinski definition) is 7. The monoisotopic (exact) mass is 472 g/mol. The van der Waals surface area contributed by atoms with Crippen molar-refractivity contribution in [1.29, 1.82) is 5.26 Å². The van der Waals surface area contributed by atoms with E-state index in [2.05, 4.69) is 19.4 Å². The zero-order valence-electron chi connectivity index (χ0n) is 15.6. The summed E-state index contributed by atoms with van der Waals surface area (Å²) in [6.07, 6.45) is -0.540. The number of rotatable bonds is 7. The topological polar surface area (TPSA) is 114 Å². The third kappa shape index (κ3) is 4.57. The van der Waals surface area contributed by atoms with Gasteiger partial charge >= 0.3 is 0 Å². The molecule has 13 heteroatoms. The molecular weight excluding hydrogens is 461 g/mol. The minimum Gasteiger partial charge on any atom is -0.479 e. The number of methoxy groups -OCH3 is 1. The summed E-state index contributed by atoms with van der Waals surface area (Å²) < 4.78 is 76.3. The fourth-order valence-electron chi connectivity index (χ4n) is 2.65. The SMILES string of the molecule is COc1nc(OCC(F)F)c(F)cc1NS(=O)(=O)c1cncc2c(C#N)c(Cl)ccc12. The summed E-state index contributed by atoms with van der Waals surface area (Å²) in [6, 6.07) is 5.32. The first-order valence-electron chi connectivity index (χ1n) is 8.32. The van der Waals surface area contributed by atoms with E-state index in [0.717, 1.165) is 13.3 Å². The Morgan fingerprint density at radius 3 is 2.65 bits per heavy atom.